The van der Waals surface area contributed by atoms with Gasteiger partial charge >= 0.3 is 0 Å². The highest BCUT2D eigenvalue weighted by Gasteiger charge is 2.15. The molecular weight excluding hydrogens is 412 g/mol. The van der Waals surface area contributed by atoms with E-state index in [4.69, 9.17) is 16.3 Å². The number of carbonyl (C=O) groups excluding carboxylic acids is 1. The first-order chi connectivity index (χ1) is 13.9. The number of amides is 1. The Kier molecular flexibility index (Phi) is 6.76. The van der Waals surface area contributed by atoms with Crippen LogP contribution in [0.15, 0.2) is 46.5 Å². The highest BCUT2D eigenvalue weighted by Crippen LogP contribution is 2.28. The average molecular weight is 433 g/mol. The molecule has 7 nitrogen and oxygen atoms in total. The number of anilines is 1. The minimum atomic E-state index is -0.262. The molecule has 0 aliphatic carbocycles. The van der Waals surface area contributed by atoms with E-state index < -0.39 is 0 Å². The van der Waals surface area contributed by atoms with Gasteiger partial charge in [0, 0.05) is 17.8 Å². The van der Waals surface area contributed by atoms with Gasteiger partial charge in [0.15, 0.2) is 10.8 Å². The Balaban J connectivity index is 1.83. The minimum absolute atomic E-state index is 0.0680. The smallest absolute Gasteiger partial charge is 0.263 e. The number of methoxy groups -OCH3 is 1. The topological polar surface area (TPSA) is 86.1 Å². The van der Waals surface area contributed by atoms with E-state index in [1.165, 1.54) is 18.9 Å². The SMILES string of the molecule is COc1ccc(Cl)cc1NC(=O)CSc1nc2ncccc2c(=O)n1CC(C)C. The average Bonchev–Trinajstić information content (AvgIpc) is 2.69. The highest BCUT2D eigenvalue weighted by molar-refractivity contribution is 7.99. The van der Waals surface area contributed by atoms with Crippen molar-refractivity contribution in [2.24, 2.45) is 5.92 Å². The molecule has 0 unspecified atom stereocenters. The molecule has 1 amide bonds. The largest absolute Gasteiger partial charge is 0.495 e. The van der Waals surface area contributed by atoms with Crippen LogP contribution in [0.3, 0.4) is 0 Å². The number of pyridine rings is 1. The summed E-state index contributed by atoms with van der Waals surface area (Å²) in [6, 6.07) is 8.41. The zero-order valence-electron chi connectivity index (χ0n) is 16.3. The molecule has 2 aromatic heterocycles. The fourth-order valence-corrected chi connectivity index (χ4v) is 3.74. The molecule has 3 rings (SSSR count). The number of thioether (sulfide) groups is 1. The zero-order chi connectivity index (χ0) is 21.0. The number of halogens is 1. The van der Waals surface area contributed by atoms with Crippen molar-refractivity contribution in [1.29, 1.82) is 0 Å². The van der Waals surface area contributed by atoms with Crippen LogP contribution in [-0.2, 0) is 11.3 Å². The van der Waals surface area contributed by atoms with Crippen molar-refractivity contribution in [1.82, 2.24) is 14.5 Å². The number of fused-ring (bicyclic) bond motifs is 1. The van der Waals surface area contributed by atoms with E-state index in [9.17, 15) is 9.59 Å². The van der Waals surface area contributed by atoms with Crippen molar-refractivity contribution in [3.8, 4) is 5.75 Å². The standard InChI is InChI=1S/C20H21ClN4O3S/c1-12(2)10-25-19(27)14-5-4-8-22-18(14)24-20(25)29-11-17(26)23-15-9-13(21)6-7-16(15)28-3/h4-9,12H,10-11H2,1-3H3,(H,23,26). The van der Waals surface area contributed by atoms with Crippen LogP contribution in [0, 0.1) is 5.92 Å². The van der Waals surface area contributed by atoms with Crippen LogP contribution in [0.1, 0.15) is 13.8 Å². The number of nitrogens with one attached hydrogen (secondary N) is 1. The summed E-state index contributed by atoms with van der Waals surface area (Å²) in [6.07, 6.45) is 1.59. The number of carbonyl (C=O) groups is 1. The lowest BCUT2D eigenvalue weighted by atomic mass is 10.2. The fourth-order valence-electron chi connectivity index (χ4n) is 2.77. The molecule has 29 heavy (non-hydrogen) atoms. The summed E-state index contributed by atoms with van der Waals surface area (Å²) in [5.74, 6) is 0.561. The van der Waals surface area contributed by atoms with Gasteiger partial charge in [-0.25, -0.2) is 9.97 Å². The van der Waals surface area contributed by atoms with Crippen LogP contribution >= 0.6 is 23.4 Å². The minimum Gasteiger partial charge on any atom is -0.495 e. The Labute approximate surface area is 177 Å². The van der Waals surface area contributed by atoms with Crippen LogP contribution in [0.5, 0.6) is 5.75 Å². The number of hydrogen-bond donors (Lipinski definition) is 1. The molecule has 3 aromatic rings. The van der Waals surface area contributed by atoms with Gasteiger partial charge in [-0.2, -0.15) is 0 Å². The van der Waals surface area contributed by atoms with Gasteiger partial charge in [-0.15, -0.1) is 0 Å². The molecule has 0 bridgehead atoms. The van der Waals surface area contributed by atoms with Gasteiger partial charge in [0.05, 0.1) is 23.9 Å². The Bertz CT molecular complexity index is 1100. The summed E-state index contributed by atoms with van der Waals surface area (Å²) in [7, 11) is 1.52. The predicted molar refractivity (Wildman–Crippen MR) is 116 cm³/mol. The first-order valence-electron chi connectivity index (χ1n) is 9.00. The summed E-state index contributed by atoms with van der Waals surface area (Å²) in [5, 5.41) is 4.20. The van der Waals surface area contributed by atoms with Gasteiger partial charge in [-0.3, -0.25) is 14.2 Å². The summed E-state index contributed by atoms with van der Waals surface area (Å²) in [5.41, 5.74) is 0.700. The van der Waals surface area contributed by atoms with E-state index in [0.29, 0.717) is 39.2 Å². The van der Waals surface area contributed by atoms with Crippen molar-refractivity contribution in [2.75, 3.05) is 18.2 Å². The van der Waals surface area contributed by atoms with E-state index in [-0.39, 0.29) is 23.1 Å². The molecule has 1 aromatic carbocycles. The Morgan fingerprint density at radius 1 is 1.34 bits per heavy atom. The quantitative estimate of drug-likeness (QED) is 0.451. The fraction of sp³-hybridized carbons (Fsp3) is 0.300. The lowest BCUT2D eigenvalue weighted by Gasteiger charge is -2.15. The van der Waals surface area contributed by atoms with E-state index in [0.717, 1.165) is 0 Å². The number of ether oxygens (including phenoxy) is 1. The normalized spacial score (nSPS) is 11.1. The van der Waals surface area contributed by atoms with Gasteiger partial charge in [-0.1, -0.05) is 37.2 Å². The van der Waals surface area contributed by atoms with Crippen molar-refractivity contribution in [3.05, 3.63) is 51.9 Å². The molecule has 0 radical (unpaired) electrons. The molecule has 9 heteroatoms. The maximum absolute atomic E-state index is 12.9. The van der Waals surface area contributed by atoms with Crippen molar-refractivity contribution >= 4 is 46.0 Å². The Morgan fingerprint density at radius 3 is 2.86 bits per heavy atom. The molecule has 0 aliphatic heterocycles. The molecule has 0 saturated heterocycles. The first kappa shape index (κ1) is 21.1. The summed E-state index contributed by atoms with van der Waals surface area (Å²) < 4.78 is 6.85. The molecular formula is C20H21ClN4O3S. The third-order valence-corrected chi connectivity index (χ3v) is 5.22. The van der Waals surface area contributed by atoms with E-state index >= 15 is 0 Å². The second kappa shape index (κ2) is 9.28. The first-order valence-corrected chi connectivity index (χ1v) is 10.4. The van der Waals surface area contributed by atoms with Crippen molar-refractivity contribution in [3.63, 3.8) is 0 Å². The molecule has 0 aliphatic rings. The van der Waals surface area contributed by atoms with E-state index in [2.05, 4.69) is 15.3 Å². The van der Waals surface area contributed by atoms with Crippen LogP contribution in [0.4, 0.5) is 5.69 Å². The number of benzene rings is 1. The maximum Gasteiger partial charge on any atom is 0.263 e. The molecule has 0 fully saturated rings. The third-order valence-electron chi connectivity index (χ3n) is 4.01. The van der Waals surface area contributed by atoms with Crippen LogP contribution < -0.4 is 15.6 Å². The predicted octanol–water partition coefficient (Wildman–Crippen LogP) is 3.84. The Hall–Kier alpha value is -2.58. The number of hydrogen-bond acceptors (Lipinski definition) is 6. The molecule has 0 spiro atoms. The highest BCUT2D eigenvalue weighted by atomic mass is 35.5. The van der Waals surface area contributed by atoms with E-state index in [1.807, 2.05) is 13.8 Å². The molecule has 0 saturated carbocycles. The van der Waals surface area contributed by atoms with Gasteiger partial charge in [0.2, 0.25) is 5.91 Å². The Morgan fingerprint density at radius 2 is 2.14 bits per heavy atom. The molecule has 2 heterocycles. The second-order valence-corrected chi connectivity index (χ2v) is 8.14. The van der Waals surface area contributed by atoms with Crippen molar-refractivity contribution in [2.45, 2.75) is 25.5 Å². The van der Waals surface area contributed by atoms with Crippen molar-refractivity contribution < 1.29 is 9.53 Å². The summed E-state index contributed by atoms with van der Waals surface area (Å²) >= 11 is 7.19. The number of nitrogens with zero attached hydrogens (tertiary/aromatic N) is 3. The molecule has 0 atom stereocenters. The van der Waals surface area contributed by atoms with Crippen LogP contribution in [0.25, 0.3) is 11.0 Å². The zero-order valence-corrected chi connectivity index (χ0v) is 17.9. The lowest BCUT2D eigenvalue weighted by Crippen LogP contribution is -2.26. The second-order valence-electron chi connectivity index (χ2n) is 6.76. The maximum atomic E-state index is 12.9. The summed E-state index contributed by atoms with van der Waals surface area (Å²) in [6.45, 7) is 4.54. The van der Waals surface area contributed by atoms with Gasteiger partial charge < -0.3 is 10.1 Å². The molecule has 152 valence electrons. The third kappa shape index (κ3) is 5.07. The number of rotatable bonds is 7. The van der Waals surface area contributed by atoms with Gasteiger partial charge in [-0.05, 0) is 36.2 Å². The van der Waals surface area contributed by atoms with Gasteiger partial charge in [0.1, 0.15) is 5.75 Å². The molecule has 1 N–H and O–H groups in total. The van der Waals surface area contributed by atoms with Crippen LogP contribution in [0.2, 0.25) is 5.02 Å². The monoisotopic (exact) mass is 432 g/mol. The van der Waals surface area contributed by atoms with Crippen LogP contribution in [-0.4, -0.2) is 33.3 Å². The van der Waals surface area contributed by atoms with E-state index in [1.54, 1.807) is 41.1 Å². The lowest BCUT2D eigenvalue weighted by molar-refractivity contribution is -0.113. The summed E-state index contributed by atoms with van der Waals surface area (Å²) in [4.78, 5) is 34.1. The number of aromatic nitrogens is 3. The van der Waals surface area contributed by atoms with Gasteiger partial charge in [0.25, 0.3) is 5.56 Å².